The second kappa shape index (κ2) is 12.9. The highest BCUT2D eigenvalue weighted by Crippen LogP contribution is 2.36. The van der Waals surface area contributed by atoms with Crippen molar-refractivity contribution in [2.45, 2.75) is 49.5 Å². The molecule has 0 unspecified atom stereocenters. The van der Waals surface area contributed by atoms with Crippen LogP contribution in [0.5, 0.6) is 5.75 Å². The molecule has 5 rings (SSSR count). The van der Waals surface area contributed by atoms with Crippen LogP contribution < -0.4 is 14.4 Å². The normalized spacial score (nSPS) is 14.1. The first kappa shape index (κ1) is 32.1. The Kier molecular flexibility index (Phi) is 9.22. The summed E-state index contributed by atoms with van der Waals surface area (Å²) >= 11 is 0. The molecule has 236 valence electrons. The number of aryl methyl sites for hydroxylation is 2. The summed E-state index contributed by atoms with van der Waals surface area (Å²) in [6.07, 6.45) is -4.26. The van der Waals surface area contributed by atoms with Crippen molar-refractivity contribution in [1.82, 2.24) is 4.72 Å². The number of sulfonamides is 1. The van der Waals surface area contributed by atoms with Crippen LogP contribution in [0.4, 0.5) is 24.5 Å². The summed E-state index contributed by atoms with van der Waals surface area (Å²) in [5, 5.41) is 0. The van der Waals surface area contributed by atoms with E-state index in [0.717, 1.165) is 65.2 Å². The average Bonchev–Trinajstić information content (AvgIpc) is 3.17. The fourth-order valence-corrected chi connectivity index (χ4v) is 6.36. The van der Waals surface area contributed by atoms with Gasteiger partial charge < -0.3 is 14.4 Å². The van der Waals surface area contributed by atoms with Crippen LogP contribution in [0.2, 0.25) is 0 Å². The molecule has 1 heterocycles. The Hall–Kier alpha value is -4.35. The number of para-hydroxylation sites is 2. The number of fused-ring (bicyclic) bond motifs is 2. The van der Waals surface area contributed by atoms with Crippen molar-refractivity contribution < 1.29 is 35.9 Å². The first-order valence-corrected chi connectivity index (χ1v) is 15.9. The van der Waals surface area contributed by atoms with Gasteiger partial charge >= 0.3 is 12.3 Å². The van der Waals surface area contributed by atoms with E-state index < -0.39 is 39.6 Å². The molecule has 0 spiro atoms. The van der Waals surface area contributed by atoms with Crippen molar-refractivity contribution in [3.05, 3.63) is 120 Å². The quantitative estimate of drug-likeness (QED) is 0.195. The van der Waals surface area contributed by atoms with Gasteiger partial charge in [-0.2, -0.15) is 0 Å². The van der Waals surface area contributed by atoms with Gasteiger partial charge in [0.15, 0.2) is 0 Å². The lowest BCUT2D eigenvalue weighted by Crippen LogP contribution is -2.44. The first-order valence-electron chi connectivity index (χ1n) is 14.4. The fraction of sp³-hybridized carbons (Fsp3) is 0.265. The van der Waals surface area contributed by atoms with E-state index in [0.29, 0.717) is 0 Å². The van der Waals surface area contributed by atoms with Crippen LogP contribution in [0, 0.1) is 0 Å². The predicted molar refractivity (Wildman–Crippen MR) is 165 cm³/mol. The van der Waals surface area contributed by atoms with Crippen molar-refractivity contribution in [3.8, 4) is 5.75 Å². The lowest BCUT2D eigenvalue weighted by Gasteiger charge is -2.33. The molecule has 1 atom stereocenters. The van der Waals surface area contributed by atoms with Gasteiger partial charge in [-0.15, -0.1) is 13.2 Å². The Balaban J connectivity index is 1.44. The number of carbonyl (C=O) groups is 1. The molecule has 1 aliphatic heterocycles. The number of halogens is 3. The predicted octanol–water partition coefficient (Wildman–Crippen LogP) is 6.69. The molecule has 7 nitrogen and oxygen atoms in total. The van der Waals surface area contributed by atoms with E-state index >= 15 is 0 Å². The number of anilines is 2. The molecule has 0 bridgehead atoms. The van der Waals surface area contributed by atoms with Crippen LogP contribution in [-0.4, -0.2) is 39.9 Å². The van der Waals surface area contributed by atoms with Gasteiger partial charge in [0.2, 0.25) is 10.0 Å². The van der Waals surface area contributed by atoms with E-state index in [1.807, 2.05) is 83.8 Å². The topological polar surface area (TPSA) is 84.9 Å². The summed E-state index contributed by atoms with van der Waals surface area (Å²) < 4.78 is 76.7. The lowest BCUT2D eigenvalue weighted by molar-refractivity contribution is -0.274. The highest BCUT2D eigenvalue weighted by molar-refractivity contribution is 7.89. The van der Waals surface area contributed by atoms with Crippen LogP contribution in [0.3, 0.4) is 0 Å². The lowest BCUT2D eigenvalue weighted by atomic mass is 9.85. The van der Waals surface area contributed by atoms with Gasteiger partial charge in [-0.25, -0.2) is 13.1 Å². The molecule has 0 radical (unpaired) electrons. The summed E-state index contributed by atoms with van der Waals surface area (Å²) in [5.74, 6) is -1.09. The Morgan fingerprint density at radius 1 is 0.822 bits per heavy atom. The molecule has 45 heavy (non-hydrogen) atoms. The van der Waals surface area contributed by atoms with Crippen molar-refractivity contribution in [3.63, 3.8) is 0 Å². The molecule has 4 aromatic rings. The molecule has 1 N–H and O–H groups in total. The standard InChI is InChI=1S/C34H33F3N2O5S/c1-33(2,26-12-4-3-5-13-26)32(40)43-28(22-38-45(41,42)29-20-18-27(19-21-29)44-34(35,36)37)23-39-30-14-8-6-10-24(30)16-17-25-11-7-9-15-31(25)39/h3-15,18-21,28,38H,16-17,22-23H2,1-2H3/t28-/m0/s1. The third-order valence-electron chi connectivity index (χ3n) is 7.76. The van der Waals surface area contributed by atoms with Gasteiger partial charge in [0.25, 0.3) is 0 Å². The van der Waals surface area contributed by atoms with Gasteiger partial charge in [-0.3, -0.25) is 4.79 Å². The number of nitrogens with one attached hydrogen (secondary N) is 1. The number of nitrogens with zero attached hydrogens (tertiary/aromatic N) is 1. The summed E-state index contributed by atoms with van der Waals surface area (Å²) in [5.41, 5.74) is 3.75. The van der Waals surface area contributed by atoms with Gasteiger partial charge in [-0.05, 0) is 79.8 Å². The Bertz CT molecular complexity index is 1700. The second-order valence-corrected chi connectivity index (χ2v) is 13.0. The molecule has 0 aromatic heterocycles. The molecule has 0 aliphatic carbocycles. The molecular weight excluding hydrogens is 605 g/mol. The summed E-state index contributed by atoms with van der Waals surface area (Å²) in [7, 11) is -4.20. The largest absolute Gasteiger partial charge is 0.573 e. The van der Waals surface area contributed by atoms with E-state index in [2.05, 4.69) is 9.46 Å². The number of alkyl halides is 3. The minimum absolute atomic E-state index is 0.130. The number of ether oxygens (including phenoxy) is 2. The monoisotopic (exact) mass is 638 g/mol. The van der Waals surface area contributed by atoms with E-state index in [9.17, 15) is 26.4 Å². The van der Waals surface area contributed by atoms with Crippen molar-refractivity contribution in [2.24, 2.45) is 0 Å². The molecule has 0 amide bonds. The third kappa shape index (κ3) is 7.66. The summed E-state index contributed by atoms with van der Waals surface area (Å²) in [4.78, 5) is 15.5. The van der Waals surface area contributed by atoms with Crippen molar-refractivity contribution in [1.29, 1.82) is 0 Å². The van der Waals surface area contributed by atoms with Gasteiger partial charge in [0, 0.05) is 17.9 Å². The zero-order chi connectivity index (χ0) is 32.2. The average molecular weight is 639 g/mol. The maximum atomic E-state index is 13.7. The van der Waals surface area contributed by atoms with Crippen LogP contribution in [0.25, 0.3) is 0 Å². The number of benzene rings is 4. The van der Waals surface area contributed by atoms with Crippen LogP contribution in [-0.2, 0) is 37.8 Å². The van der Waals surface area contributed by atoms with E-state index in [-0.39, 0.29) is 18.0 Å². The summed E-state index contributed by atoms with van der Waals surface area (Å²) in [6, 6.07) is 28.9. The molecule has 4 aromatic carbocycles. The number of hydrogen-bond donors (Lipinski definition) is 1. The molecule has 0 fully saturated rings. The molecule has 1 aliphatic rings. The zero-order valence-corrected chi connectivity index (χ0v) is 25.6. The minimum Gasteiger partial charge on any atom is -0.458 e. The fourth-order valence-electron chi connectivity index (χ4n) is 5.29. The smallest absolute Gasteiger partial charge is 0.458 e. The number of rotatable bonds is 10. The van der Waals surface area contributed by atoms with E-state index in [1.165, 1.54) is 0 Å². The SMILES string of the molecule is CC(C)(C(=O)O[C@@H](CNS(=O)(=O)c1ccc(OC(F)(F)F)cc1)CN1c2ccccc2CCc2ccccc21)c1ccccc1. The highest BCUT2D eigenvalue weighted by Gasteiger charge is 2.35. The molecular formula is C34H33F3N2O5S. The summed E-state index contributed by atoms with van der Waals surface area (Å²) in [6.45, 7) is 3.33. The van der Waals surface area contributed by atoms with Gasteiger partial charge in [0.05, 0.1) is 16.9 Å². The highest BCUT2D eigenvalue weighted by atomic mass is 32.2. The Labute approximate surface area is 260 Å². The molecule has 0 saturated carbocycles. The van der Waals surface area contributed by atoms with Gasteiger partial charge in [-0.1, -0.05) is 66.7 Å². The van der Waals surface area contributed by atoms with Crippen LogP contribution >= 0.6 is 0 Å². The van der Waals surface area contributed by atoms with E-state index in [1.54, 1.807) is 13.8 Å². The first-order chi connectivity index (χ1) is 21.3. The van der Waals surface area contributed by atoms with Crippen molar-refractivity contribution in [2.75, 3.05) is 18.0 Å². The van der Waals surface area contributed by atoms with Crippen LogP contribution in [0.15, 0.2) is 108 Å². The number of esters is 1. The number of carbonyl (C=O) groups excluding carboxylic acids is 1. The Morgan fingerprint density at radius 2 is 1.36 bits per heavy atom. The maximum Gasteiger partial charge on any atom is 0.573 e. The third-order valence-corrected chi connectivity index (χ3v) is 9.20. The second-order valence-electron chi connectivity index (χ2n) is 11.3. The minimum atomic E-state index is -4.91. The zero-order valence-electron chi connectivity index (χ0n) is 24.8. The van der Waals surface area contributed by atoms with Crippen molar-refractivity contribution >= 4 is 27.4 Å². The maximum absolute atomic E-state index is 13.7. The van der Waals surface area contributed by atoms with Gasteiger partial charge in [0.1, 0.15) is 11.9 Å². The van der Waals surface area contributed by atoms with E-state index in [4.69, 9.17) is 4.74 Å². The number of hydrogen-bond acceptors (Lipinski definition) is 6. The molecule has 0 saturated heterocycles. The Morgan fingerprint density at radius 3 is 1.91 bits per heavy atom. The van der Waals surface area contributed by atoms with Crippen LogP contribution in [0.1, 0.15) is 30.5 Å². The molecule has 11 heteroatoms.